The molecule has 0 saturated carbocycles. The van der Waals surface area contributed by atoms with Crippen LogP contribution in [0.4, 0.5) is 5.69 Å². The van der Waals surface area contributed by atoms with Gasteiger partial charge in [0.25, 0.3) is 5.91 Å². The van der Waals surface area contributed by atoms with E-state index >= 15 is 0 Å². The van der Waals surface area contributed by atoms with E-state index in [1.165, 1.54) is 6.20 Å². The summed E-state index contributed by atoms with van der Waals surface area (Å²) in [6.07, 6.45) is 2.15. The standard InChI is InChI=1S/C8H11N3O/c1-2-5-6(9)3-4-11-7(5)8(10)12/h3-4H,2H2,1H3,(H2,9,11)(H2,10,12). The van der Waals surface area contributed by atoms with Gasteiger partial charge in [0.2, 0.25) is 0 Å². The molecule has 0 fully saturated rings. The van der Waals surface area contributed by atoms with Crippen LogP contribution in [0.15, 0.2) is 12.3 Å². The molecule has 1 rings (SSSR count). The zero-order valence-electron chi connectivity index (χ0n) is 6.87. The van der Waals surface area contributed by atoms with Crippen molar-refractivity contribution < 1.29 is 4.79 Å². The molecule has 0 bridgehead atoms. The highest BCUT2D eigenvalue weighted by Gasteiger charge is 2.09. The minimum absolute atomic E-state index is 0.275. The molecule has 1 heterocycles. The number of pyridine rings is 1. The number of hydrogen-bond acceptors (Lipinski definition) is 3. The maximum Gasteiger partial charge on any atom is 0.267 e. The highest BCUT2D eigenvalue weighted by atomic mass is 16.1. The maximum atomic E-state index is 10.8. The Kier molecular flexibility index (Phi) is 2.28. The van der Waals surface area contributed by atoms with Gasteiger partial charge in [0.05, 0.1) is 0 Å². The lowest BCUT2D eigenvalue weighted by molar-refractivity contribution is 0.0994. The fourth-order valence-corrected chi connectivity index (χ4v) is 1.09. The second-order valence-corrected chi connectivity index (χ2v) is 2.45. The number of anilines is 1. The second kappa shape index (κ2) is 3.21. The Hall–Kier alpha value is -1.58. The van der Waals surface area contributed by atoms with E-state index in [4.69, 9.17) is 11.5 Å². The summed E-state index contributed by atoms with van der Waals surface area (Å²) < 4.78 is 0. The molecule has 0 spiro atoms. The number of nitrogens with two attached hydrogens (primary N) is 2. The highest BCUT2D eigenvalue weighted by Crippen LogP contribution is 2.14. The van der Waals surface area contributed by atoms with Crippen LogP contribution in [-0.2, 0) is 6.42 Å². The van der Waals surface area contributed by atoms with Gasteiger partial charge in [-0.1, -0.05) is 6.92 Å². The molecule has 4 heteroatoms. The van der Waals surface area contributed by atoms with Crippen LogP contribution in [0.5, 0.6) is 0 Å². The SMILES string of the molecule is CCc1c(N)ccnc1C(N)=O. The lowest BCUT2D eigenvalue weighted by Gasteiger charge is -2.05. The quantitative estimate of drug-likeness (QED) is 0.662. The smallest absolute Gasteiger partial charge is 0.267 e. The highest BCUT2D eigenvalue weighted by molar-refractivity contribution is 5.93. The average molecular weight is 165 g/mol. The molecule has 1 aromatic heterocycles. The van der Waals surface area contributed by atoms with Crippen molar-refractivity contribution in [3.8, 4) is 0 Å². The van der Waals surface area contributed by atoms with Crippen LogP contribution in [0.1, 0.15) is 23.0 Å². The summed E-state index contributed by atoms with van der Waals surface area (Å²) in [6.45, 7) is 1.90. The van der Waals surface area contributed by atoms with Gasteiger partial charge in [0.1, 0.15) is 5.69 Å². The molecule has 1 amide bonds. The van der Waals surface area contributed by atoms with Gasteiger partial charge in [-0.3, -0.25) is 9.78 Å². The predicted molar refractivity (Wildman–Crippen MR) is 46.5 cm³/mol. The minimum Gasteiger partial charge on any atom is -0.398 e. The van der Waals surface area contributed by atoms with Crippen molar-refractivity contribution in [1.82, 2.24) is 4.98 Å². The summed E-state index contributed by atoms with van der Waals surface area (Å²) in [6, 6.07) is 1.66. The fraction of sp³-hybridized carbons (Fsp3) is 0.250. The third kappa shape index (κ3) is 1.37. The molecule has 64 valence electrons. The van der Waals surface area contributed by atoms with Crippen LogP contribution in [0, 0.1) is 0 Å². The van der Waals surface area contributed by atoms with Gasteiger partial charge in [0.15, 0.2) is 0 Å². The van der Waals surface area contributed by atoms with Crippen molar-refractivity contribution in [3.05, 3.63) is 23.5 Å². The molecule has 0 aliphatic heterocycles. The van der Waals surface area contributed by atoms with Crippen LogP contribution in [0.2, 0.25) is 0 Å². The van der Waals surface area contributed by atoms with Crippen molar-refractivity contribution in [2.75, 3.05) is 5.73 Å². The monoisotopic (exact) mass is 165 g/mol. The number of carbonyl (C=O) groups is 1. The number of primary amides is 1. The molecule has 4 nitrogen and oxygen atoms in total. The largest absolute Gasteiger partial charge is 0.398 e. The van der Waals surface area contributed by atoms with E-state index in [1.807, 2.05) is 6.92 Å². The summed E-state index contributed by atoms with van der Waals surface area (Å²) in [4.78, 5) is 14.7. The van der Waals surface area contributed by atoms with E-state index in [-0.39, 0.29) is 5.69 Å². The molecule has 0 aromatic carbocycles. The Morgan fingerprint density at radius 1 is 1.67 bits per heavy atom. The molecule has 0 atom stereocenters. The maximum absolute atomic E-state index is 10.8. The number of aromatic nitrogens is 1. The molecule has 0 unspecified atom stereocenters. The van der Waals surface area contributed by atoms with E-state index in [9.17, 15) is 4.79 Å². The molecule has 0 radical (unpaired) electrons. The number of carbonyl (C=O) groups excluding carboxylic acids is 1. The summed E-state index contributed by atoms with van der Waals surface area (Å²) in [5.41, 5.74) is 12.3. The first-order valence-corrected chi connectivity index (χ1v) is 3.70. The number of hydrogen-bond donors (Lipinski definition) is 2. The lowest BCUT2D eigenvalue weighted by Crippen LogP contribution is -2.16. The van der Waals surface area contributed by atoms with E-state index in [2.05, 4.69) is 4.98 Å². The summed E-state index contributed by atoms with van der Waals surface area (Å²) in [5, 5.41) is 0. The third-order valence-electron chi connectivity index (χ3n) is 1.68. The zero-order chi connectivity index (χ0) is 9.14. The predicted octanol–water partition coefficient (Wildman–Crippen LogP) is 0.325. The molecule has 4 N–H and O–H groups in total. The molecule has 0 saturated heterocycles. The Bertz CT molecular complexity index is 309. The van der Waals surface area contributed by atoms with Crippen molar-refractivity contribution in [1.29, 1.82) is 0 Å². The first-order chi connectivity index (χ1) is 5.66. The van der Waals surface area contributed by atoms with Gasteiger partial charge < -0.3 is 11.5 Å². The van der Waals surface area contributed by atoms with Gasteiger partial charge >= 0.3 is 0 Å². The molecule has 12 heavy (non-hydrogen) atoms. The third-order valence-corrected chi connectivity index (χ3v) is 1.68. The van der Waals surface area contributed by atoms with Crippen LogP contribution in [0.3, 0.4) is 0 Å². The van der Waals surface area contributed by atoms with E-state index in [0.717, 1.165) is 5.56 Å². The number of amides is 1. The van der Waals surface area contributed by atoms with Crippen molar-refractivity contribution >= 4 is 11.6 Å². The number of nitrogen functional groups attached to an aromatic ring is 1. The van der Waals surface area contributed by atoms with Gasteiger partial charge in [-0.2, -0.15) is 0 Å². The van der Waals surface area contributed by atoms with Crippen LogP contribution in [0.25, 0.3) is 0 Å². The summed E-state index contributed by atoms with van der Waals surface area (Å²) in [5.74, 6) is -0.529. The van der Waals surface area contributed by atoms with Crippen molar-refractivity contribution in [2.24, 2.45) is 5.73 Å². The van der Waals surface area contributed by atoms with Gasteiger partial charge in [-0.05, 0) is 12.5 Å². The van der Waals surface area contributed by atoms with Crippen LogP contribution in [-0.4, -0.2) is 10.9 Å². The summed E-state index contributed by atoms with van der Waals surface area (Å²) in [7, 11) is 0. The Morgan fingerprint density at radius 3 is 2.75 bits per heavy atom. The Morgan fingerprint density at radius 2 is 2.33 bits per heavy atom. The van der Waals surface area contributed by atoms with E-state index < -0.39 is 5.91 Å². The van der Waals surface area contributed by atoms with Crippen molar-refractivity contribution in [2.45, 2.75) is 13.3 Å². The molecule has 1 aromatic rings. The van der Waals surface area contributed by atoms with Gasteiger partial charge in [-0.25, -0.2) is 0 Å². The van der Waals surface area contributed by atoms with Crippen molar-refractivity contribution in [3.63, 3.8) is 0 Å². The molecule has 0 aliphatic rings. The first-order valence-electron chi connectivity index (χ1n) is 3.70. The molecule has 0 aliphatic carbocycles. The topological polar surface area (TPSA) is 82.0 Å². The summed E-state index contributed by atoms with van der Waals surface area (Å²) >= 11 is 0. The van der Waals surface area contributed by atoms with Gasteiger partial charge in [0, 0.05) is 17.4 Å². The number of rotatable bonds is 2. The minimum atomic E-state index is -0.529. The Labute approximate surface area is 70.6 Å². The molecular weight excluding hydrogens is 154 g/mol. The fourth-order valence-electron chi connectivity index (χ4n) is 1.09. The Balaban J connectivity index is 3.27. The van der Waals surface area contributed by atoms with E-state index in [1.54, 1.807) is 6.07 Å². The first kappa shape index (κ1) is 8.52. The van der Waals surface area contributed by atoms with Crippen LogP contribution >= 0.6 is 0 Å². The van der Waals surface area contributed by atoms with E-state index in [0.29, 0.717) is 12.1 Å². The number of nitrogens with zero attached hydrogens (tertiary/aromatic N) is 1. The zero-order valence-corrected chi connectivity index (χ0v) is 6.87. The lowest BCUT2D eigenvalue weighted by atomic mass is 10.1. The van der Waals surface area contributed by atoms with Crippen LogP contribution < -0.4 is 11.5 Å². The second-order valence-electron chi connectivity index (χ2n) is 2.45. The average Bonchev–Trinajstić information content (AvgIpc) is 2.03. The van der Waals surface area contributed by atoms with Gasteiger partial charge in [-0.15, -0.1) is 0 Å². The normalized spacial score (nSPS) is 9.75. The molecular formula is C8H11N3O.